The van der Waals surface area contributed by atoms with Gasteiger partial charge in [-0.05, 0) is 79.3 Å². The average Bonchev–Trinajstić information content (AvgIpc) is 3.62. The number of nitriles is 1. The molecule has 1 aliphatic carbocycles. The van der Waals surface area contributed by atoms with Gasteiger partial charge >= 0.3 is 17.9 Å². The molecule has 2 heterocycles. The van der Waals surface area contributed by atoms with Crippen molar-refractivity contribution >= 4 is 77.8 Å². The lowest BCUT2D eigenvalue weighted by molar-refractivity contribution is -0.152. The van der Waals surface area contributed by atoms with Crippen LogP contribution in [0.2, 0.25) is 0 Å². The van der Waals surface area contributed by atoms with Crippen molar-refractivity contribution < 1.29 is 28.6 Å². The van der Waals surface area contributed by atoms with E-state index >= 15 is 0 Å². The first-order chi connectivity index (χ1) is 21.9. The summed E-state index contributed by atoms with van der Waals surface area (Å²) < 4.78 is 16.6. The van der Waals surface area contributed by atoms with Gasteiger partial charge in [-0.2, -0.15) is 5.26 Å². The van der Waals surface area contributed by atoms with Gasteiger partial charge in [-0.1, -0.05) is 43.2 Å². The number of rotatable bonds is 11. The van der Waals surface area contributed by atoms with Gasteiger partial charge in [0.2, 0.25) is 5.13 Å². The second kappa shape index (κ2) is 15.0. The van der Waals surface area contributed by atoms with E-state index in [0.717, 1.165) is 39.6 Å². The van der Waals surface area contributed by atoms with Crippen molar-refractivity contribution in [1.29, 1.82) is 5.26 Å². The second-order valence-corrected chi connectivity index (χ2v) is 12.7. The highest BCUT2D eigenvalue weighted by atomic mass is 32.1. The monoisotopic (exact) mass is 644 g/mol. The maximum atomic E-state index is 12.8. The predicted molar refractivity (Wildman–Crippen MR) is 173 cm³/mol. The van der Waals surface area contributed by atoms with Crippen LogP contribution in [0.5, 0.6) is 0 Å². The summed E-state index contributed by atoms with van der Waals surface area (Å²) in [5.41, 5.74) is 1.03. The summed E-state index contributed by atoms with van der Waals surface area (Å²) in [5.74, 6) is -1.40. The first-order valence-electron chi connectivity index (χ1n) is 14.8. The van der Waals surface area contributed by atoms with Crippen LogP contribution in [0.1, 0.15) is 67.1 Å². The van der Waals surface area contributed by atoms with Gasteiger partial charge in [-0.3, -0.25) is 4.79 Å². The molecule has 0 radical (unpaired) electrons. The van der Waals surface area contributed by atoms with Gasteiger partial charge in [-0.15, -0.1) is 21.6 Å². The molecule has 2 aromatic carbocycles. The number of azo groups is 1. The number of hydrogen-bond acceptors (Lipinski definition) is 12. The molecule has 0 atom stereocenters. The van der Waals surface area contributed by atoms with Crippen LogP contribution < -0.4 is 0 Å². The third-order valence-electron chi connectivity index (χ3n) is 7.49. The topological polar surface area (TPSA) is 140 Å². The van der Waals surface area contributed by atoms with Gasteiger partial charge in [-0.25, -0.2) is 14.6 Å². The van der Waals surface area contributed by atoms with Crippen LogP contribution in [-0.4, -0.2) is 42.7 Å². The molecule has 0 amide bonds. The van der Waals surface area contributed by atoms with Crippen molar-refractivity contribution in [2.24, 2.45) is 16.1 Å². The van der Waals surface area contributed by atoms with Gasteiger partial charge in [0, 0.05) is 4.88 Å². The first-order valence-corrected chi connectivity index (χ1v) is 16.4. The molecule has 1 fully saturated rings. The fourth-order valence-corrected chi connectivity index (χ4v) is 7.03. The van der Waals surface area contributed by atoms with E-state index in [1.807, 2.05) is 36.4 Å². The Kier molecular flexibility index (Phi) is 10.7. The fraction of sp³-hybridized carbons (Fsp3) is 0.364. The lowest BCUT2D eigenvalue weighted by atomic mass is 9.87. The van der Waals surface area contributed by atoms with E-state index < -0.39 is 5.97 Å². The lowest BCUT2D eigenvalue weighted by Gasteiger charge is -2.27. The van der Waals surface area contributed by atoms with Crippen molar-refractivity contribution in [3.63, 3.8) is 0 Å². The van der Waals surface area contributed by atoms with Gasteiger partial charge in [0.15, 0.2) is 0 Å². The molecule has 45 heavy (non-hydrogen) atoms. The van der Waals surface area contributed by atoms with E-state index in [1.165, 1.54) is 35.9 Å². The van der Waals surface area contributed by atoms with Gasteiger partial charge < -0.3 is 14.2 Å². The molecule has 4 aromatic rings. The summed E-state index contributed by atoms with van der Waals surface area (Å²) in [7, 11) is 1.35. The maximum absolute atomic E-state index is 12.8. The maximum Gasteiger partial charge on any atom is 0.349 e. The number of carbonyl (C=O) groups excluding carboxylic acids is 3. The van der Waals surface area contributed by atoms with E-state index in [1.54, 1.807) is 12.1 Å². The quantitative estimate of drug-likeness (QED) is 0.0395. The number of nitrogens with zero attached hydrogens (tertiary/aromatic N) is 4. The van der Waals surface area contributed by atoms with Gasteiger partial charge in [0.25, 0.3) is 0 Å². The highest BCUT2D eigenvalue weighted by Crippen LogP contribution is 2.36. The number of ether oxygens (including phenoxy) is 3. The molecule has 1 aliphatic rings. The number of hydrogen-bond donors (Lipinski definition) is 0. The first kappa shape index (κ1) is 31.9. The minimum atomic E-state index is -0.667. The van der Waals surface area contributed by atoms with E-state index in [9.17, 15) is 19.6 Å². The number of methoxy groups -OCH3 is 1. The smallest absolute Gasteiger partial charge is 0.349 e. The van der Waals surface area contributed by atoms with Crippen LogP contribution in [0.4, 0.5) is 10.8 Å². The normalized spacial score (nSPS) is 17.0. The van der Waals surface area contributed by atoms with Gasteiger partial charge in [0.1, 0.15) is 22.6 Å². The number of unbranched alkanes of at least 4 members (excludes halogenated alkanes) is 2. The summed E-state index contributed by atoms with van der Waals surface area (Å²) in [6.07, 6.45) is 6.48. The van der Waals surface area contributed by atoms with Crippen molar-refractivity contribution in [3.05, 3.63) is 58.5 Å². The number of carbonyl (C=O) groups is 3. The van der Waals surface area contributed by atoms with Crippen LogP contribution in [0.3, 0.4) is 0 Å². The van der Waals surface area contributed by atoms with E-state index in [4.69, 9.17) is 14.2 Å². The molecule has 0 N–H and O–H groups in total. The molecular formula is C33H32N4O6S2. The Labute approximate surface area is 268 Å². The average molecular weight is 645 g/mol. The van der Waals surface area contributed by atoms with Crippen LogP contribution in [-0.2, 0) is 23.8 Å². The zero-order valence-corrected chi connectivity index (χ0v) is 26.6. The third-order valence-corrected chi connectivity index (χ3v) is 9.49. The second-order valence-electron chi connectivity index (χ2n) is 10.7. The molecule has 5 rings (SSSR count). The Morgan fingerprint density at radius 2 is 1.80 bits per heavy atom. The summed E-state index contributed by atoms with van der Waals surface area (Å²) in [6, 6.07) is 14.7. The van der Waals surface area contributed by atoms with Crippen molar-refractivity contribution in [2.75, 3.05) is 13.7 Å². The Hall–Kier alpha value is -4.47. The number of benzene rings is 2. The Morgan fingerprint density at radius 1 is 1.02 bits per heavy atom. The van der Waals surface area contributed by atoms with Gasteiger partial charge in [0.05, 0.1) is 35.6 Å². The third kappa shape index (κ3) is 8.17. The van der Waals surface area contributed by atoms with Crippen LogP contribution in [0, 0.1) is 17.2 Å². The Morgan fingerprint density at radius 3 is 2.53 bits per heavy atom. The molecule has 0 aliphatic heterocycles. The SMILES string of the molecule is CCCCCOC(=O)C1CCC(OC(=O)/C(C#N)=C/c2cc3sc(/N=N/c4ccc5cc(C(=O)OC)ccc5c4)nc3s2)CC1. The Balaban J connectivity index is 1.16. The number of thiophene rings is 1. The van der Waals surface area contributed by atoms with Crippen molar-refractivity contribution in [1.82, 2.24) is 4.98 Å². The van der Waals surface area contributed by atoms with Crippen LogP contribution >= 0.6 is 22.7 Å². The summed E-state index contributed by atoms with van der Waals surface area (Å²) in [6.45, 7) is 2.55. The zero-order chi connectivity index (χ0) is 31.8. The van der Waals surface area contributed by atoms with Crippen LogP contribution in [0.15, 0.2) is 58.3 Å². The molecular weight excluding hydrogens is 613 g/mol. The number of thiazole rings is 1. The minimum absolute atomic E-state index is 0.0868. The Bertz CT molecular complexity index is 1780. The summed E-state index contributed by atoms with van der Waals surface area (Å²) >= 11 is 2.69. The fourth-order valence-electron chi connectivity index (χ4n) is 5.05. The molecule has 1 saturated carbocycles. The van der Waals surface area contributed by atoms with E-state index in [0.29, 0.717) is 53.5 Å². The standard InChI is InChI=1S/C33H32N4O6S2/c1-3-4-5-14-42-31(39)20-9-12-26(13-10-20)43-32(40)24(19-34)17-27-18-28-29(44-27)35-33(45-28)37-36-25-11-8-21-15-23(30(38)41-2)7-6-22(21)16-25/h6-8,11,15-18,20,26H,3-5,9-10,12-14H2,1-2H3/b24-17+,37-36+. The van der Waals surface area contributed by atoms with Crippen molar-refractivity contribution in [2.45, 2.75) is 58.0 Å². The summed E-state index contributed by atoms with van der Waals surface area (Å²) in [4.78, 5) is 42.8. The predicted octanol–water partition coefficient (Wildman–Crippen LogP) is 8.46. The molecule has 0 bridgehead atoms. The molecule has 2 aromatic heterocycles. The number of esters is 3. The molecule has 0 saturated heterocycles. The zero-order valence-electron chi connectivity index (χ0n) is 25.0. The molecule has 0 unspecified atom stereocenters. The number of fused-ring (bicyclic) bond motifs is 2. The van der Waals surface area contributed by atoms with Crippen molar-refractivity contribution in [3.8, 4) is 6.07 Å². The minimum Gasteiger partial charge on any atom is -0.465 e. The highest BCUT2D eigenvalue weighted by molar-refractivity contribution is 7.29. The van der Waals surface area contributed by atoms with E-state index in [-0.39, 0.29) is 29.5 Å². The molecule has 0 spiro atoms. The lowest BCUT2D eigenvalue weighted by Crippen LogP contribution is -2.29. The largest absolute Gasteiger partial charge is 0.465 e. The van der Waals surface area contributed by atoms with Crippen LogP contribution in [0.25, 0.3) is 26.4 Å². The molecule has 12 heteroatoms. The number of aromatic nitrogens is 1. The van der Waals surface area contributed by atoms with E-state index in [2.05, 4.69) is 22.1 Å². The molecule has 232 valence electrons. The summed E-state index contributed by atoms with van der Waals surface area (Å²) in [5, 5.41) is 20.5. The molecule has 10 nitrogen and oxygen atoms in total. The highest BCUT2D eigenvalue weighted by Gasteiger charge is 2.30.